The van der Waals surface area contributed by atoms with Crippen LogP contribution in [-0.2, 0) is 14.3 Å². The molecule has 0 spiro atoms. The number of methoxy groups -OCH3 is 1. The Labute approximate surface area is 148 Å². The summed E-state index contributed by atoms with van der Waals surface area (Å²) in [6.07, 6.45) is 4.72. The predicted molar refractivity (Wildman–Crippen MR) is 94.9 cm³/mol. The molecule has 0 saturated heterocycles. The van der Waals surface area contributed by atoms with Gasteiger partial charge < -0.3 is 10.1 Å². The molecule has 1 aromatic heterocycles. The summed E-state index contributed by atoms with van der Waals surface area (Å²) in [6.45, 7) is 0. The maximum absolute atomic E-state index is 12.1. The van der Waals surface area contributed by atoms with Gasteiger partial charge in [0.15, 0.2) is 0 Å². The molecule has 6 heteroatoms. The summed E-state index contributed by atoms with van der Waals surface area (Å²) in [5, 5.41) is 2.82. The van der Waals surface area contributed by atoms with E-state index in [9.17, 15) is 9.59 Å². The number of pyridine rings is 1. The van der Waals surface area contributed by atoms with E-state index < -0.39 is 12.0 Å². The molecule has 124 valence electrons. The van der Waals surface area contributed by atoms with Crippen molar-refractivity contribution in [3.63, 3.8) is 0 Å². The van der Waals surface area contributed by atoms with Gasteiger partial charge in [-0.25, -0.2) is 0 Å². The van der Waals surface area contributed by atoms with E-state index in [1.54, 1.807) is 24.4 Å². The second kappa shape index (κ2) is 8.98. The Morgan fingerprint density at radius 3 is 2.62 bits per heavy atom. The third-order valence-corrected chi connectivity index (χ3v) is 3.81. The van der Waals surface area contributed by atoms with Gasteiger partial charge in [-0.2, -0.15) is 0 Å². The zero-order valence-corrected chi connectivity index (χ0v) is 14.7. The van der Waals surface area contributed by atoms with E-state index in [1.807, 2.05) is 30.3 Å². The number of aromatic nitrogens is 1. The summed E-state index contributed by atoms with van der Waals surface area (Å²) in [6, 6.07) is 12.4. The van der Waals surface area contributed by atoms with Gasteiger partial charge in [0.2, 0.25) is 5.91 Å². The van der Waals surface area contributed by atoms with Crippen LogP contribution in [0.1, 0.15) is 23.7 Å². The van der Waals surface area contributed by atoms with Crippen LogP contribution in [0.15, 0.2) is 59.2 Å². The number of nitrogens with one attached hydrogen (secondary N) is 1. The number of halogens is 1. The van der Waals surface area contributed by atoms with Crippen LogP contribution in [-0.4, -0.2) is 24.0 Å². The summed E-state index contributed by atoms with van der Waals surface area (Å²) in [5.41, 5.74) is 1.50. The minimum absolute atomic E-state index is 0.0568. The number of hydrogen-bond donors (Lipinski definition) is 1. The summed E-state index contributed by atoms with van der Waals surface area (Å²) < 4.78 is 5.63. The molecular weight excluding hydrogens is 372 g/mol. The topological polar surface area (TPSA) is 68.3 Å². The normalized spacial score (nSPS) is 11.9. The van der Waals surface area contributed by atoms with Crippen LogP contribution < -0.4 is 5.32 Å². The first kappa shape index (κ1) is 17.9. The monoisotopic (exact) mass is 388 g/mol. The van der Waals surface area contributed by atoms with Crippen LogP contribution in [0.25, 0.3) is 6.08 Å². The average molecular weight is 389 g/mol. The number of amides is 1. The lowest BCUT2D eigenvalue weighted by molar-refractivity contribution is -0.141. The van der Waals surface area contributed by atoms with Crippen molar-refractivity contribution in [2.24, 2.45) is 0 Å². The fraction of sp³-hybridized carbons (Fsp3) is 0.167. The van der Waals surface area contributed by atoms with E-state index in [0.29, 0.717) is 5.69 Å². The van der Waals surface area contributed by atoms with Crippen LogP contribution in [0, 0.1) is 0 Å². The molecular formula is C18H17BrN2O3. The Balaban J connectivity index is 2.09. The van der Waals surface area contributed by atoms with Crippen LogP contribution >= 0.6 is 15.9 Å². The highest BCUT2D eigenvalue weighted by atomic mass is 79.9. The van der Waals surface area contributed by atoms with Crippen molar-refractivity contribution in [2.45, 2.75) is 12.5 Å². The van der Waals surface area contributed by atoms with Crippen LogP contribution in [0.3, 0.4) is 0 Å². The molecule has 0 bridgehead atoms. The first-order chi connectivity index (χ1) is 11.6. The van der Waals surface area contributed by atoms with Crippen molar-refractivity contribution < 1.29 is 14.3 Å². The maximum atomic E-state index is 12.1. The fourth-order valence-electron chi connectivity index (χ4n) is 2.05. The van der Waals surface area contributed by atoms with Crippen molar-refractivity contribution in [3.05, 3.63) is 70.5 Å². The largest absolute Gasteiger partial charge is 0.469 e. The standard InChI is InChI=1S/C18H17BrN2O3/c1-24-18(23)12-16(13-5-7-14(19)8-6-13)21-17(22)10-9-15-4-2-3-11-20-15/h2-11,16H,12H2,1H3,(H,21,22). The smallest absolute Gasteiger partial charge is 0.307 e. The van der Waals surface area contributed by atoms with Gasteiger partial charge in [-0.1, -0.05) is 34.1 Å². The molecule has 1 atom stereocenters. The number of carbonyl (C=O) groups is 2. The lowest BCUT2D eigenvalue weighted by atomic mass is 10.0. The Morgan fingerprint density at radius 1 is 1.25 bits per heavy atom. The van der Waals surface area contributed by atoms with E-state index in [-0.39, 0.29) is 12.3 Å². The van der Waals surface area contributed by atoms with Gasteiger partial charge in [-0.15, -0.1) is 0 Å². The fourth-order valence-corrected chi connectivity index (χ4v) is 2.32. The van der Waals surface area contributed by atoms with Crippen LogP contribution in [0.2, 0.25) is 0 Å². The van der Waals surface area contributed by atoms with Gasteiger partial charge in [0.25, 0.3) is 0 Å². The maximum Gasteiger partial charge on any atom is 0.307 e. The van der Waals surface area contributed by atoms with E-state index in [1.165, 1.54) is 13.2 Å². The zero-order valence-electron chi connectivity index (χ0n) is 13.1. The number of esters is 1. The van der Waals surface area contributed by atoms with Crippen molar-refractivity contribution >= 4 is 33.9 Å². The number of hydrogen-bond acceptors (Lipinski definition) is 4. The molecule has 1 heterocycles. The number of ether oxygens (including phenoxy) is 1. The molecule has 0 aliphatic carbocycles. The summed E-state index contributed by atoms with van der Waals surface area (Å²) >= 11 is 3.36. The molecule has 5 nitrogen and oxygen atoms in total. The number of carbonyl (C=O) groups excluding carboxylic acids is 2. The third kappa shape index (κ3) is 5.62. The zero-order chi connectivity index (χ0) is 17.4. The van der Waals surface area contributed by atoms with Crippen molar-refractivity contribution in [3.8, 4) is 0 Å². The Hall–Kier alpha value is -2.47. The minimum atomic E-state index is -0.466. The molecule has 2 rings (SSSR count). The SMILES string of the molecule is COC(=O)CC(NC(=O)C=Cc1ccccn1)c1ccc(Br)cc1. The number of benzene rings is 1. The summed E-state index contributed by atoms with van der Waals surface area (Å²) in [4.78, 5) is 27.9. The lowest BCUT2D eigenvalue weighted by Gasteiger charge is -2.17. The Kier molecular flexibility index (Phi) is 6.69. The first-order valence-corrected chi connectivity index (χ1v) is 8.09. The van der Waals surface area contributed by atoms with E-state index in [2.05, 4.69) is 26.2 Å². The molecule has 1 aromatic carbocycles. The molecule has 1 unspecified atom stereocenters. The van der Waals surface area contributed by atoms with Gasteiger partial charge >= 0.3 is 5.97 Å². The molecule has 0 aliphatic rings. The van der Waals surface area contributed by atoms with Crippen molar-refractivity contribution in [1.29, 1.82) is 0 Å². The van der Waals surface area contributed by atoms with Crippen molar-refractivity contribution in [2.75, 3.05) is 7.11 Å². The van der Waals surface area contributed by atoms with Gasteiger partial charge in [-0.3, -0.25) is 14.6 Å². The minimum Gasteiger partial charge on any atom is -0.469 e. The van der Waals surface area contributed by atoms with Crippen LogP contribution in [0.5, 0.6) is 0 Å². The predicted octanol–water partition coefficient (Wildman–Crippen LogP) is 3.28. The second-order valence-corrected chi connectivity index (χ2v) is 5.90. The molecule has 2 aromatic rings. The molecule has 0 saturated carbocycles. The Morgan fingerprint density at radius 2 is 2.00 bits per heavy atom. The molecule has 0 aliphatic heterocycles. The van der Waals surface area contributed by atoms with Gasteiger partial charge in [0, 0.05) is 16.7 Å². The molecule has 1 amide bonds. The summed E-state index contributed by atoms with van der Waals surface area (Å²) in [7, 11) is 1.32. The highest BCUT2D eigenvalue weighted by Gasteiger charge is 2.18. The molecule has 0 radical (unpaired) electrons. The van der Waals surface area contributed by atoms with E-state index in [0.717, 1.165) is 10.0 Å². The van der Waals surface area contributed by atoms with Gasteiger partial charge in [0.1, 0.15) is 0 Å². The molecule has 0 fully saturated rings. The third-order valence-electron chi connectivity index (χ3n) is 3.28. The highest BCUT2D eigenvalue weighted by molar-refractivity contribution is 9.10. The quantitative estimate of drug-likeness (QED) is 0.608. The van der Waals surface area contributed by atoms with Gasteiger partial charge in [-0.05, 0) is 35.9 Å². The number of rotatable bonds is 6. The highest BCUT2D eigenvalue weighted by Crippen LogP contribution is 2.20. The molecule has 24 heavy (non-hydrogen) atoms. The van der Waals surface area contributed by atoms with Gasteiger partial charge in [0.05, 0.1) is 25.3 Å². The summed E-state index contributed by atoms with van der Waals surface area (Å²) in [5.74, 6) is -0.700. The number of nitrogens with zero attached hydrogens (tertiary/aromatic N) is 1. The molecule has 1 N–H and O–H groups in total. The first-order valence-electron chi connectivity index (χ1n) is 7.30. The van der Waals surface area contributed by atoms with Crippen LogP contribution in [0.4, 0.5) is 0 Å². The Bertz CT molecular complexity index is 715. The average Bonchev–Trinajstić information content (AvgIpc) is 2.61. The van der Waals surface area contributed by atoms with E-state index >= 15 is 0 Å². The van der Waals surface area contributed by atoms with Crippen molar-refractivity contribution in [1.82, 2.24) is 10.3 Å². The lowest BCUT2D eigenvalue weighted by Crippen LogP contribution is -2.29. The van der Waals surface area contributed by atoms with E-state index in [4.69, 9.17) is 4.74 Å². The second-order valence-electron chi connectivity index (χ2n) is 4.98.